The van der Waals surface area contributed by atoms with Gasteiger partial charge in [-0.1, -0.05) is 96.3 Å². The minimum absolute atomic E-state index is 0.0557. The Morgan fingerprint density at radius 3 is 2.50 bits per heavy atom. The van der Waals surface area contributed by atoms with Gasteiger partial charge in [-0.3, -0.25) is 9.69 Å². The molecule has 0 aromatic heterocycles. The van der Waals surface area contributed by atoms with Crippen LogP contribution in [0.1, 0.15) is 22.3 Å². The highest BCUT2D eigenvalue weighted by Crippen LogP contribution is 2.34. The Kier molecular flexibility index (Phi) is 6.31. The van der Waals surface area contributed by atoms with E-state index in [-0.39, 0.29) is 5.91 Å². The van der Waals surface area contributed by atoms with Crippen LogP contribution in [0.25, 0.3) is 6.08 Å². The molecule has 1 saturated heterocycles. The fourth-order valence-corrected chi connectivity index (χ4v) is 4.35. The Balaban J connectivity index is 1.45. The third-order valence-electron chi connectivity index (χ3n) is 4.74. The average molecular weight is 432 g/mol. The van der Waals surface area contributed by atoms with E-state index in [9.17, 15) is 4.79 Å². The molecular formula is C25H21NO2S2. The lowest BCUT2D eigenvalue weighted by Crippen LogP contribution is -2.27. The molecule has 0 atom stereocenters. The highest BCUT2D eigenvalue weighted by molar-refractivity contribution is 8.26. The topological polar surface area (TPSA) is 29.5 Å². The summed E-state index contributed by atoms with van der Waals surface area (Å²) in [5, 5.41) is 0. The summed E-state index contributed by atoms with van der Waals surface area (Å²) >= 11 is 6.78. The molecule has 0 radical (unpaired) electrons. The molecule has 0 bridgehead atoms. The van der Waals surface area contributed by atoms with Crippen molar-refractivity contribution in [2.45, 2.75) is 20.1 Å². The molecule has 5 heteroatoms. The lowest BCUT2D eigenvalue weighted by Gasteiger charge is -2.14. The van der Waals surface area contributed by atoms with Gasteiger partial charge in [0.05, 0.1) is 11.4 Å². The quantitative estimate of drug-likeness (QED) is 0.355. The first-order valence-electron chi connectivity index (χ1n) is 9.66. The van der Waals surface area contributed by atoms with E-state index in [0.29, 0.717) is 22.4 Å². The van der Waals surface area contributed by atoms with Gasteiger partial charge in [-0.15, -0.1) is 0 Å². The molecule has 1 fully saturated rings. The van der Waals surface area contributed by atoms with Gasteiger partial charge in [0.15, 0.2) is 0 Å². The summed E-state index contributed by atoms with van der Waals surface area (Å²) < 4.78 is 6.51. The van der Waals surface area contributed by atoms with Crippen molar-refractivity contribution in [3.63, 3.8) is 0 Å². The van der Waals surface area contributed by atoms with Crippen molar-refractivity contribution in [3.05, 3.63) is 106 Å². The lowest BCUT2D eigenvalue weighted by atomic mass is 10.1. The van der Waals surface area contributed by atoms with Crippen molar-refractivity contribution in [3.8, 4) is 5.75 Å². The van der Waals surface area contributed by atoms with E-state index in [1.54, 1.807) is 4.90 Å². The summed E-state index contributed by atoms with van der Waals surface area (Å²) in [6, 6.07) is 25.9. The Hall–Kier alpha value is -2.89. The van der Waals surface area contributed by atoms with E-state index in [1.165, 1.54) is 17.3 Å². The molecule has 3 nitrogen and oxygen atoms in total. The van der Waals surface area contributed by atoms with Crippen LogP contribution >= 0.6 is 24.0 Å². The van der Waals surface area contributed by atoms with Crippen molar-refractivity contribution in [1.82, 2.24) is 4.90 Å². The second-order valence-electron chi connectivity index (χ2n) is 7.10. The fourth-order valence-electron chi connectivity index (χ4n) is 3.10. The molecule has 3 aromatic carbocycles. The summed E-state index contributed by atoms with van der Waals surface area (Å²) in [5.74, 6) is 0.712. The third-order valence-corrected chi connectivity index (χ3v) is 6.12. The van der Waals surface area contributed by atoms with E-state index in [4.69, 9.17) is 17.0 Å². The van der Waals surface area contributed by atoms with Crippen molar-refractivity contribution in [1.29, 1.82) is 0 Å². The number of rotatable bonds is 6. The monoisotopic (exact) mass is 431 g/mol. The number of carbonyl (C=O) groups excluding carboxylic acids is 1. The number of hydrogen-bond acceptors (Lipinski definition) is 4. The molecule has 0 aliphatic carbocycles. The average Bonchev–Trinajstić information content (AvgIpc) is 3.02. The second-order valence-corrected chi connectivity index (χ2v) is 8.78. The van der Waals surface area contributed by atoms with Crippen molar-refractivity contribution >= 4 is 40.3 Å². The number of nitrogens with zero attached hydrogens (tertiary/aromatic N) is 1. The molecule has 30 heavy (non-hydrogen) atoms. The van der Waals surface area contributed by atoms with Crippen LogP contribution < -0.4 is 4.74 Å². The van der Waals surface area contributed by atoms with E-state index in [1.807, 2.05) is 60.7 Å². The number of aryl methyl sites for hydroxylation is 1. The predicted octanol–water partition coefficient (Wildman–Crippen LogP) is 5.98. The number of thiocarbonyl (C=S) groups is 1. The molecule has 3 aromatic rings. The first-order chi connectivity index (χ1) is 14.6. The molecular weight excluding hydrogens is 410 g/mol. The van der Waals surface area contributed by atoms with Crippen LogP contribution in [0.3, 0.4) is 0 Å². The van der Waals surface area contributed by atoms with Crippen LogP contribution in [0.15, 0.2) is 83.8 Å². The number of hydrogen-bond donors (Lipinski definition) is 0. The number of ether oxygens (including phenoxy) is 1. The molecule has 0 saturated carbocycles. The predicted molar refractivity (Wildman–Crippen MR) is 127 cm³/mol. The molecule has 4 rings (SSSR count). The Morgan fingerprint density at radius 2 is 1.73 bits per heavy atom. The summed E-state index contributed by atoms with van der Waals surface area (Å²) in [6.45, 7) is 3.06. The number of thioether (sulfide) groups is 1. The zero-order chi connectivity index (χ0) is 20.9. The van der Waals surface area contributed by atoms with Crippen molar-refractivity contribution in [2.24, 2.45) is 0 Å². The van der Waals surface area contributed by atoms with E-state index in [2.05, 4.69) is 31.2 Å². The van der Waals surface area contributed by atoms with Crippen LogP contribution in [0.2, 0.25) is 0 Å². The molecule has 1 aliphatic rings. The van der Waals surface area contributed by atoms with Crippen LogP contribution in [-0.4, -0.2) is 15.1 Å². The third kappa shape index (κ3) is 4.99. The summed E-state index contributed by atoms with van der Waals surface area (Å²) in [6.07, 6.45) is 1.88. The molecule has 1 amide bonds. The van der Waals surface area contributed by atoms with Crippen molar-refractivity contribution < 1.29 is 9.53 Å². The van der Waals surface area contributed by atoms with Gasteiger partial charge in [0.1, 0.15) is 16.7 Å². The van der Waals surface area contributed by atoms with Gasteiger partial charge in [-0.2, -0.15) is 0 Å². The smallest absolute Gasteiger partial charge is 0.266 e. The van der Waals surface area contributed by atoms with Gasteiger partial charge < -0.3 is 4.74 Å². The fraction of sp³-hybridized carbons (Fsp3) is 0.120. The van der Waals surface area contributed by atoms with Gasteiger partial charge in [0.2, 0.25) is 0 Å². The molecule has 1 heterocycles. The maximum Gasteiger partial charge on any atom is 0.266 e. The number of benzene rings is 3. The van der Waals surface area contributed by atoms with Crippen LogP contribution in [0, 0.1) is 6.92 Å². The standard InChI is InChI=1S/C25H21NO2S2/c1-18-10-12-20(13-11-18)17-28-22-9-5-8-21(14-22)15-23-24(27)26(25(29)30-23)16-19-6-3-2-4-7-19/h2-15H,16-17H2,1H3. The van der Waals surface area contributed by atoms with E-state index >= 15 is 0 Å². The summed E-state index contributed by atoms with van der Waals surface area (Å²) in [5.41, 5.74) is 4.32. The van der Waals surface area contributed by atoms with Gasteiger partial charge in [-0.25, -0.2) is 0 Å². The zero-order valence-corrected chi connectivity index (χ0v) is 18.2. The molecule has 0 N–H and O–H groups in total. The van der Waals surface area contributed by atoms with E-state index in [0.717, 1.165) is 22.4 Å². The van der Waals surface area contributed by atoms with Crippen LogP contribution in [0.5, 0.6) is 5.75 Å². The van der Waals surface area contributed by atoms with E-state index < -0.39 is 0 Å². The highest BCUT2D eigenvalue weighted by Gasteiger charge is 2.31. The largest absolute Gasteiger partial charge is 0.489 e. The Bertz CT molecular complexity index is 1090. The minimum atomic E-state index is -0.0557. The second kappa shape index (κ2) is 9.28. The van der Waals surface area contributed by atoms with Crippen LogP contribution in [0.4, 0.5) is 0 Å². The maximum absolute atomic E-state index is 12.9. The SMILES string of the molecule is Cc1ccc(COc2cccc(C=C3SC(=S)N(Cc4ccccc4)C3=O)c2)cc1. The normalized spacial score (nSPS) is 15.1. The maximum atomic E-state index is 12.9. The van der Waals surface area contributed by atoms with Gasteiger partial charge in [-0.05, 0) is 41.8 Å². The summed E-state index contributed by atoms with van der Waals surface area (Å²) in [4.78, 5) is 15.1. The van der Waals surface area contributed by atoms with Gasteiger partial charge >= 0.3 is 0 Å². The Labute approximate surface area is 186 Å². The van der Waals surface area contributed by atoms with Crippen molar-refractivity contribution in [2.75, 3.05) is 0 Å². The molecule has 150 valence electrons. The summed E-state index contributed by atoms with van der Waals surface area (Å²) in [7, 11) is 0. The number of carbonyl (C=O) groups is 1. The Morgan fingerprint density at radius 1 is 0.967 bits per heavy atom. The molecule has 0 spiro atoms. The highest BCUT2D eigenvalue weighted by atomic mass is 32.2. The lowest BCUT2D eigenvalue weighted by molar-refractivity contribution is -0.122. The molecule has 0 unspecified atom stereocenters. The van der Waals surface area contributed by atoms with Gasteiger partial charge in [0, 0.05) is 0 Å². The molecule has 1 aliphatic heterocycles. The zero-order valence-electron chi connectivity index (χ0n) is 16.6. The number of amides is 1. The van der Waals surface area contributed by atoms with Crippen LogP contribution in [-0.2, 0) is 17.9 Å². The van der Waals surface area contributed by atoms with Gasteiger partial charge in [0.25, 0.3) is 5.91 Å². The first-order valence-corrected chi connectivity index (χ1v) is 10.9. The minimum Gasteiger partial charge on any atom is -0.489 e. The first kappa shape index (κ1) is 20.4.